The van der Waals surface area contributed by atoms with E-state index in [0.717, 1.165) is 32.6 Å². The minimum absolute atomic E-state index is 0.414. The number of ether oxygens (including phenoxy) is 1. The number of aromatic nitrogens is 3. The van der Waals surface area contributed by atoms with Crippen molar-refractivity contribution in [1.29, 1.82) is 0 Å². The zero-order chi connectivity index (χ0) is 21.1. The van der Waals surface area contributed by atoms with E-state index in [1.807, 2.05) is 55.5 Å². The topological polar surface area (TPSA) is 65.0 Å². The monoisotopic (exact) mass is 459 g/mol. The van der Waals surface area contributed by atoms with Crippen molar-refractivity contribution in [3.05, 3.63) is 88.7 Å². The summed E-state index contributed by atoms with van der Waals surface area (Å²) in [7, 11) is 1.36. The molecule has 148 valence electrons. The molecule has 0 unspecified atom stereocenters. The van der Waals surface area contributed by atoms with Crippen LogP contribution in [0.3, 0.4) is 0 Å². The normalized spacial score (nSPS) is 10.6. The van der Waals surface area contributed by atoms with Crippen molar-refractivity contribution in [1.82, 2.24) is 15.0 Å². The average Bonchev–Trinajstić information content (AvgIpc) is 2.79. The second kappa shape index (κ2) is 8.55. The first-order valence-electron chi connectivity index (χ1n) is 9.29. The number of nitrogens with zero attached hydrogens (tertiary/aromatic N) is 3. The quantitative estimate of drug-likeness (QED) is 0.364. The van der Waals surface area contributed by atoms with Crippen LogP contribution in [0.4, 0.5) is 0 Å². The third-order valence-electron chi connectivity index (χ3n) is 4.62. The lowest BCUT2D eigenvalue weighted by molar-refractivity contribution is 0.0600. The van der Waals surface area contributed by atoms with E-state index in [1.165, 1.54) is 7.11 Å². The van der Waals surface area contributed by atoms with E-state index in [4.69, 9.17) is 9.72 Å². The Balaban J connectivity index is 1.90. The maximum atomic E-state index is 12.0. The molecular weight excluding hydrogens is 442 g/mol. The molecular formula is C24H18BrN3O2. The second-order valence-electron chi connectivity index (χ2n) is 6.77. The van der Waals surface area contributed by atoms with Crippen LogP contribution in [-0.2, 0) is 4.74 Å². The molecule has 0 aliphatic heterocycles. The van der Waals surface area contributed by atoms with Crippen LogP contribution in [0.1, 0.15) is 15.9 Å². The molecule has 0 aliphatic carbocycles. The van der Waals surface area contributed by atoms with Gasteiger partial charge in [0.15, 0.2) is 0 Å². The van der Waals surface area contributed by atoms with Gasteiger partial charge in [-0.05, 0) is 72.1 Å². The molecule has 30 heavy (non-hydrogen) atoms. The Morgan fingerprint density at radius 2 is 1.43 bits per heavy atom. The first-order valence-corrected chi connectivity index (χ1v) is 10.1. The Bertz CT molecular complexity index is 1220. The van der Waals surface area contributed by atoms with Crippen molar-refractivity contribution >= 4 is 21.9 Å². The number of hydrogen-bond acceptors (Lipinski definition) is 5. The lowest BCUT2D eigenvalue weighted by atomic mass is 10.0. The highest BCUT2D eigenvalue weighted by atomic mass is 79.9. The van der Waals surface area contributed by atoms with Crippen LogP contribution in [0.5, 0.6) is 0 Å². The van der Waals surface area contributed by atoms with Gasteiger partial charge in [-0.3, -0.25) is 9.97 Å². The van der Waals surface area contributed by atoms with Gasteiger partial charge in [0.2, 0.25) is 0 Å². The summed E-state index contributed by atoms with van der Waals surface area (Å²) in [4.78, 5) is 25.7. The van der Waals surface area contributed by atoms with Crippen molar-refractivity contribution in [2.75, 3.05) is 7.11 Å². The number of hydrogen-bond donors (Lipinski definition) is 0. The van der Waals surface area contributed by atoms with Gasteiger partial charge in [-0.25, -0.2) is 9.78 Å². The Morgan fingerprint density at radius 3 is 2.07 bits per heavy atom. The Kier molecular flexibility index (Phi) is 5.68. The third kappa shape index (κ3) is 4.28. The van der Waals surface area contributed by atoms with Gasteiger partial charge in [0.05, 0.1) is 35.4 Å². The fourth-order valence-corrected chi connectivity index (χ4v) is 3.36. The number of aryl methyl sites for hydroxylation is 1. The molecule has 0 saturated carbocycles. The number of carbonyl (C=O) groups is 1. The minimum atomic E-state index is -0.414. The molecule has 0 amide bonds. The van der Waals surface area contributed by atoms with Gasteiger partial charge in [0, 0.05) is 16.9 Å². The summed E-state index contributed by atoms with van der Waals surface area (Å²) in [5.41, 5.74) is 6.30. The van der Waals surface area contributed by atoms with Crippen LogP contribution in [-0.4, -0.2) is 28.0 Å². The Morgan fingerprint density at radius 1 is 0.800 bits per heavy atom. The molecule has 0 atom stereocenters. The first kappa shape index (κ1) is 19.9. The van der Waals surface area contributed by atoms with E-state index in [9.17, 15) is 4.79 Å². The molecule has 0 spiro atoms. The summed E-state index contributed by atoms with van der Waals surface area (Å²) in [6, 6.07) is 19.3. The molecule has 0 aliphatic rings. The van der Waals surface area contributed by atoms with Gasteiger partial charge in [-0.15, -0.1) is 0 Å². The van der Waals surface area contributed by atoms with Crippen molar-refractivity contribution < 1.29 is 9.53 Å². The molecule has 0 N–H and O–H groups in total. The summed E-state index contributed by atoms with van der Waals surface area (Å²) < 4.78 is 5.84. The molecule has 4 rings (SSSR count). The van der Waals surface area contributed by atoms with Crippen LogP contribution >= 0.6 is 15.9 Å². The number of benzene rings is 1. The van der Waals surface area contributed by atoms with E-state index < -0.39 is 5.97 Å². The molecule has 0 radical (unpaired) electrons. The smallest absolute Gasteiger partial charge is 0.337 e. The number of rotatable bonds is 4. The highest BCUT2D eigenvalue weighted by Gasteiger charge is 2.13. The highest BCUT2D eigenvalue weighted by molar-refractivity contribution is 9.10. The van der Waals surface area contributed by atoms with Crippen molar-refractivity contribution in [3.8, 4) is 33.9 Å². The summed E-state index contributed by atoms with van der Waals surface area (Å²) in [6.07, 6.45) is 3.36. The number of halogens is 1. The molecule has 3 aromatic heterocycles. The average molecular weight is 460 g/mol. The van der Waals surface area contributed by atoms with Gasteiger partial charge in [-0.1, -0.05) is 28.1 Å². The van der Waals surface area contributed by atoms with E-state index in [2.05, 4.69) is 25.9 Å². The largest absolute Gasteiger partial charge is 0.465 e. The highest BCUT2D eigenvalue weighted by Crippen LogP contribution is 2.30. The van der Waals surface area contributed by atoms with Gasteiger partial charge >= 0.3 is 5.97 Å². The van der Waals surface area contributed by atoms with E-state index in [1.54, 1.807) is 24.5 Å². The van der Waals surface area contributed by atoms with Crippen molar-refractivity contribution in [2.45, 2.75) is 6.92 Å². The molecule has 0 saturated heterocycles. The Hall–Kier alpha value is -3.38. The molecule has 5 nitrogen and oxygen atoms in total. The summed E-state index contributed by atoms with van der Waals surface area (Å²) in [5, 5.41) is 0. The van der Waals surface area contributed by atoms with Gasteiger partial charge in [0.1, 0.15) is 0 Å². The summed E-state index contributed by atoms with van der Waals surface area (Å²) >= 11 is 3.48. The fourth-order valence-electron chi connectivity index (χ4n) is 3.09. The minimum Gasteiger partial charge on any atom is -0.465 e. The van der Waals surface area contributed by atoms with E-state index in [0.29, 0.717) is 17.0 Å². The predicted octanol–water partition coefficient (Wildman–Crippen LogP) is 5.73. The predicted molar refractivity (Wildman–Crippen MR) is 120 cm³/mol. The Labute approximate surface area is 182 Å². The van der Waals surface area contributed by atoms with Gasteiger partial charge in [-0.2, -0.15) is 0 Å². The second-order valence-corrected chi connectivity index (χ2v) is 7.69. The molecule has 3 heterocycles. The summed E-state index contributed by atoms with van der Waals surface area (Å²) in [6.45, 7) is 2.02. The molecule has 1 aromatic carbocycles. The van der Waals surface area contributed by atoms with Gasteiger partial charge in [0.25, 0.3) is 0 Å². The third-order valence-corrected chi connectivity index (χ3v) is 5.15. The first-order chi connectivity index (χ1) is 14.5. The lowest BCUT2D eigenvalue weighted by Crippen LogP contribution is -2.02. The van der Waals surface area contributed by atoms with E-state index >= 15 is 0 Å². The van der Waals surface area contributed by atoms with Crippen LogP contribution < -0.4 is 0 Å². The molecule has 0 fully saturated rings. The molecule has 6 heteroatoms. The van der Waals surface area contributed by atoms with Gasteiger partial charge < -0.3 is 4.74 Å². The van der Waals surface area contributed by atoms with Crippen LogP contribution in [0.2, 0.25) is 0 Å². The number of esters is 1. The maximum absolute atomic E-state index is 12.0. The molecule has 4 aromatic rings. The van der Waals surface area contributed by atoms with Crippen molar-refractivity contribution in [2.24, 2.45) is 0 Å². The fraction of sp³-hybridized carbons (Fsp3) is 0.0833. The standard InChI is InChI=1S/C24H18BrN3O2/c1-15-7-9-26-20(11-15)22-13-18(16-3-5-19(25)6-4-16)14-23(28-22)21-12-17(8-10-27-21)24(29)30-2/h3-14H,1-2H3. The van der Waals surface area contributed by atoms with Crippen LogP contribution in [0, 0.1) is 6.92 Å². The zero-order valence-corrected chi connectivity index (χ0v) is 18.1. The van der Waals surface area contributed by atoms with E-state index in [-0.39, 0.29) is 0 Å². The van der Waals surface area contributed by atoms with Crippen LogP contribution in [0.15, 0.2) is 77.5 Å². The summed E-state index contributed by atoms with van der Waals surface area (Å²) in [5.74, 6) is -0.414. The van der Waals surface area contributed by atoms with Crippen molar-refractivity contribution in [3.63, 3.8) is 0 Å². The number of carbonyl (C=O) groups excluding carboxylic acids is 1. The zero-order valence-electron chi connectivity index (χ0n) is 16.5. The molecule has 0 bridgehead atoms. The van der Waals surface area contributed by atoms with Crippen LogP contribution in [0.25, 0.3) is 33.9 Å². The number of methoxy groups -OCH3 is 1. The lowest BCUT2D eigenvalue weighted by Gasteiger charge is -2.10. The maximum Gasteiger partial charge on any atom is 0.337 e. The number of pyridine rings is 3. The SMILES string of the molecule is COC(=O)c1ccnc(-c2cc(-c3ccc(Br)cc3)cc(-c3cc(C)ccn3)n2)c1.